The lowest BCUT2D eigenvalue weighted by Crippen LogP contribution is -2.31. The van der Waals surface area contributed by atoms with Crippen molar-refractivity contribution in [1.82, 2.24) is 14.8 Å². The van der Waals surface area contributed by atoms with E-state index in [0.29, 0.717) is 17.0 Å². The molecule has 0 saturated heterocycles. The predicted octanol–water partition coefficient (Wildman–Crippen LogP) is 2.44. The second-order valence-corrected chi connectivity index (χ2v) is 8.15. The number of benzene rings is 1. The first kappa shape index (κ1) is 15.2. The predicted molar refractivity (Wildman–Crippen MR) is 81.9 cm³/mol. The molecule has 0 atom stereocenters. The monoisotopic (exact) mass is 357 g/mol. The van der Waals surface area contributed by atoms with Gasteiger partial charge in [-0.2, -0.15) is 0 Å². The van der Waals surface area contributed by atoms with Crippen molar-refractivity contribution >= 4 is 25.8 Å². The molecule has 0 fully saturated rings. The van der Waals surface area contributed by atoms with Gasteiger partial charge >= 0.3 is 0 Å². The average Bonchev–Trinajstić information content (AvgIpc) is 2.82. The van der Waals surface area contributed by atoms with Gasteiger partial charge in [-0.15, -0.1) is 10.2 Å². The van der Waals surface area contributed by atoms with E-state index in [-0.39, 0.29) is 0 Å². The highest BCUT2D eigenvalue weighted by Gasteiger charge is 2.38. The molecule has 0 saturated carbocycles. The zero-order valence-corrected chi connectivity index (χ0v) is 13.9. The molecule has 1 heterocycles. The van der Waals surface area contributed by atoms with Gasteiger partial charge in [0.05, 0.1) is 5.33 Å². The zero-order chi connectivity index (χ0) is 15.0. The van der Waals surface area contributed by atoms with E-state index in [4.69, 9.17) is 0 Å². The van der Waals surface area contributed by atoms with Crippen LogP contribution in [-0.2, 0) is 19.9 Å². The highest BCUT2D eigenvalue weighted by molar-refractivity contribution is 9.08. The molecule has 0 bridgehead atoms. The van der Waals surface area contributed by atoms with Crippen LogP contribution in [0.5, 0.6) is 0 Å². The summed E-state index contributed by atoms with van der Waals surface area (Å²) in [6.07, 6.45) is 1.21. The maximum atomic E-state index is 12.0. The van der Waals surface area contributed by atoms with Crippen LogP contribution in [0.1, 0.15) is 25.5 Å². The molecule has 20 heavy (non-hydrogen) atoms. The molecular weight excluding hydrogens is 342 g/mol. The van der Waals surface area contributed by atoms with E-state index in [1.807, 2.05) is 30.3 Å². The Morgan fingerprint density at radius 1 is 1.20 bits per heavy atom. The molecule has 0 unspecified atom stereocenters. The number of sulfone groups is 1. The SMILES string of the molecule is CC(C)(c1nnc(CBr)n1-c1ccccc1)S(C)(=O)=O. The van der Waals surface area contributed by atoms with Gasteiger partial charge in [0.25, 0.3) is 0 Å². The van der Waals surface area contributed by atoms with Crippen molar-refractivity contribution in [2.24, 2.45) is 0 Å². The Hall–Kier alpha value is -1.21. The summed E-state index contributed by atoms with van der Waals surface area (Å²) in [6, 6.07) is 9.49. The van der Waals surface area contributed by atoms with Crippen LogP contribution in [-0.4, -0.2) is 29.4 Å². The highest BCUT2D eigenvalue weighted by atomic mass is 79.9. The fourth-order valence-corrected chi connectivity index (χ4v) is 2.63. The number of nitrogens with zero attached hydrogens (tertiary/aromatic N) is 3. The number of aromatic nitrogens is 3. The Morgan fingerprint density at radius 2 is 1.80 bits per heavy atom. The summed E-state index contributed by atoms with van der Waals surface area (Å²) in [5.41, 5.74) is 0.846. The molecule has 2 rings (SSSR count). The molecule has 108 valence electrons. The second-order valence-electron chi connectivity index (χ2n) is 5.03. The largest absolute Gasteiger partial charge is 0.281 e. The summed E-state index contributed by atoms with van der Waals surface area (Å²) >= 11 is 3.36. The fraction of sp³-hybridized carbons (Fsp3) is 0.385. The van der Waals surface area contributed by atoms with Crippen molar-refractivity contribution in [2.45, 2.75) is 23.9 Å². The van der Waals surface area contributed by atoms with Gasteiger partial charge in [-0.25, -0.2) is 8.42 Å². The van der Waals surface area contributed by atoms with Gasteiger partial charge < -0.3 is 0 Å². The second kappa shape index (κ2) is 5.29. The van der Waals surface area contributed by atoms with E-state index in [1.165, 1.54) is 6.26 Å². The molecule has 0 radical (unpaired) electrons. The number of para-hydroxylation sites is 1. The van der Waals surface area contributed by atoms with Crippen LogP contribution in [0.4, 0.5) is 0 Å². The van der Waals surface area contributed by atoms with E-state index in [2.05, 4.69) is 26.1 Å². The number of alkyl halides is 1. The van der Waals surface area contributed by atoms with E-state index in [1.54, 1.807) is 18.4 Å². The Morgan fingerprint density at radius 3 is 2.30 bits per heavy atom. The minimum Gasteiger partial charge on any atom is -0.281 e. The number of halogens is 1. The van der Waals surface area contributed by atoms with Crippen LogP contribution in [0.25, 0.3) is 5.69 Å². The van der Waals surface area contributed by atoms with E-state index in [9.17, 15) is 8.42 Å². The Kier molecular flexibility index (Phi) is 4.02. The molecule has 5 nitrogen and oxygen atoms in total. The normalized spacial score (nSPS) is 12.6. The lowest BCUT2D eigenvalue weighted by atomic mass is 10.2. The first-order chi connectivity index (χ1) is 9.29. The summed E-state index contributed by atoms with van der Waals surface area (Å²) in [4.78, 5) is 0. The van der Waals surface area contributed by atoms with Crippen molar-refractivity contribution in [2.75, 3.05) is 6.26 Å². The first-order valence-electron chi connectivity index (χ1n) is 6.05. The third kappa shape index (κ3) is 2.52. The number of rotatable bonds is 4. The van der Waals surface area contributed by atoms with Crippen LogP contribution < -0.4 is 0 Å². The number of hydrogen-bond donors (Lipinski definition) is 0. The molecule has 0 aliphatic rings. The van der Waals surface area contributed by atoms with Crippen molar-refractivity contribution in [3.63, 3.8) is 0 Å². The Labute approximate surface area is 127 Å². The average molecular weight is 358 g/mol. The molecule has 0 spiro atoms. The highest BCUT2D eigenvalue weighted by Crippen LogP contribution is 2.30. The Bertz CT molecular complexity index is 708. The maximum absolute atomic E-state index is 12.0. The minimum absolute atomic E-state index is 0.417. The lowest BCUT2D eigenvalue weighted by Gasteiger charge is -2.22. The molecule has 1 aromatic carbocycles. The van der Waals surface area contributed by atoms with Crippen LogP contribution in [0, 0.1) is 0 Å². The van der Waals surface area contributed by atoms with Gasteiger partial charge in [-0.3, -0.25) is 4.57 Å². The molecule has 1 aromatic heterocycles. The van der Waals surface area contributed by atoms with Crippen LogP contribution in [0.2, 0.25) is 0 Å². The van der Waals surface area contributed by atoms with Crippen LogP contribution in [0.3, 0.4) is 0 Å². The summed E-state index contributed by atoms with van der Waals surface area (Å²) in [7, 11) is -3.32. The van der Waals surface area contributed by atoms with Gasteiger partial charge in [-0.1, -0.05) is 34.1 Å². The smallest absolute Gasteiger partial charge is 0.159 e. The van der Waals surface area contributed by atoms with E-state index in [0.717, 1.165) is 5.69 Å². The summed E-state index contributed by atoms with van der Waals surface area (Å²) in [5.74, 6) is 1.09. The van der Waals surface area contributed by atoms with Crippen LogP contribution >= 0.6 is 15.9 Å². The fourth-order valence-electron chi connectivity index (χ4n) is 1.81. The molecule has 0 aliphatic carbocycles. The third-order valence-corrected chi connectivity index (χ3v) is 5.87. The minimum atomic E-state index is -3.32. The lowest BCUT2D eigenvalue weighted by molar-refractivity contribution is 0.545. The molecule has 7 heteroatoms. The van der Waals surface area contributed by atoms with Crippen molar-refractivity contribution < 1.29 is 8.42 Å². The van der Waals surface area contributed by atoms with Crippen molar-refractivity contribution in [1.29, 1.82) is 0 Å². The molecule has 0 amide bonds. The van der Waals surface area contributed by atoms with Crippen molar-refractivity contribution in [3.05, 3.63) is 42.0 Å². The third-order valence-electron chi connectivity index (χ3n) is 3.33. The molecular formula is C13H16BrN3O2S. The zero-order valence-electron chi connectivity index (χ0n) is 11.5. The number of hydrogen-bond acceptors (Lipinski definition) is 4. The molecule has 2 aromatic rings. The van der Waals surface area contributed by atoms with Gasteiger partial charge in [0.1, 0.15) is 10.6 Å². The van der Waals surface area contributed by atoms with E-state index < -0.39 is 14.6 Å². The summed E-state index contributed by atoms with van der Waals surface area (Å²) in [5, 5.41) is 8.69. The first-order valence-corrected chi connectivity index (χ1v) is 9.06. The summed E-state index contributed by atoms with van der Waals surface area (Å²) in [6.45, 7) is 3.29. The van der Waals surface area contributed by atoms with E-state index >= 15 is 0 Å². The molecule has 0 N–H and O–H groups in total. The Balaban J connectivity index is 2.72. The summed E-state index contributed by atoms with van der Waals surface area (Å²) < 4.78 is 24.8. The van der Waals surface area contributed by atoms with Gasteiger partial charge in [0, 0.05) is 11.9 Å². The van der Waals surface area contributed by atoms with Gasteiger partial charge in [0.2, 0.25) is 0 Å². The van der Waals surface area contributed by atoms with Crippen LogP contribution in [0.15, 0.2) is 30.3 Å². The molecule has 0 aliphatic heterocycles. The van der Waals surface area contributed by atoms with Gasteiger partial charge in [-0.05, 0) is 26.0 Å². The topological polar surface area (TPSA) is 64.8 Å². The standard InChI is InChI=1S/C13H16BrN3O2S/c1-13(2,20(3,18)19)12-16-15-11(9-14)17(12)10-7-5-4-6-8-10/h4-8H,9H2,1-3H3. The maximum Gasteiger partial charge on any atom is 0.159 e. The van der Waals surface area contributed by atoms with Gasteiger partial charge in [0.15, 0.2) is 15.7 Å². The quantitative estimate of drug-likeness (QED) is 0.788. The van der Waals surface area contributed by atoms with Crippen molar-refractivity contribution in [3.8, 4) is 5.69 Å².